The molecule has 0 aliphatic rings. The Morgan fingerprint density at radius 1 is 1.07 bits per heavy atom. The Morgan fingerprint density at radius 3 is 2.13 bits per heavy atom. The van der Waals surface area contributed by atoms with E-state index in [0.29, 0.717) is 0 Å². The van der Waals surface area contributed by atoms with Crippen LogP contribution < -0.4 is 9.92 Å². The summed E-state index contributed by atoms with van der Waals surface area (Å²) < 4.78 is 10.3. The number of hydrogen-bond donors (Lipinski definition) is 0. The average Bonchev–Trinajstić information content (AvgIpc) is 2.17. The standard InChI is InChI=1S/C11H18O3Si/c1-11(2,3)13-14-15-10-7-5-9(12-4)6-8-10/h5-8H,15H2,1-4H3. The summed E-state index contributed by atoms with van der Waals surface area (Å²) in [5.41, 5.74) is -0.237. The average molecular weight is 226 g/mol. The normalized spacial score (nSPS) is 12.3. The Hall–Kier alpha value is -0.843. The maximum Gasteiger partial charge on any atom is 0.239 e. The third kappa shape index (κ3) is 4.97. The largest absolute Gasteiger partial charge is 0.497 e. The smallest absolute Gasteiger partial charge is 0.239 e. The van der Waals surface area contributed by atoms with Crippen LogP contribution in [0.3, 0.4) is 0 Å². The maximum absolute atomic E-state index is 5.26. The summed E-state index contributed by atoms with van der Waals surface area (Å²) in [5.74, 6) is 0.865. The first-order chi connectivity index (χ1) is 7.01. The van der Waals surface area contributed by atoms with Crippen LogP contribution in [0.1, 0.15) is 20.8 Å². The third-order valence-electron chi connectivity index (χ3n) is 1.69. The van der Waals surface area contributed by atoms with E-state index in [-0.39, 0.29) is 5.60 Å². The van der Waals surface area contributed by atoms with Gasteiger partial charge in [-0.15, -0.1) is 0 Å². The molecule has 0 unspecified atom stereocenters. The van der Waals surface area contributed by atoms with Crippen LogP contribution in [0.25, 0.3) is 0 Å². The highest BCUT2D eigenvalue weighted by atomic mass is 28.2. The van der Waals surface area contributed by atoms with Crippen molar-refractivity contribution in [1.82, 2.24) is 0 Å². The zero-order valence-corrected chi connectivity index (χ0v) is 11.2. The van der Waals surface area contributed by atoms with Crippen molar-refractivity contribution in [2.75, 3.05) is 7.11 Å². The van der Waals surface area contributed by atoms with Crippen molar-refractivity contribution in [2.24, 2.45) is 0 Å². The third-order valence-corrected chi connectivity index (χ3v) is 2.73. The fraction of sp³-hybridized carbons (Fsp3) is 0.455. The summed E-state index contributed by atoms with van der Waals surface area (Å²) in [6.07, 6.45) is 0. The molecular formula is C11H18O3Si. The van der Waals surface area contributed by atoms with Crippen LogP contribution in [0.15, 0.2) is 24.3 Å². The van der Waals surface area contributed by atoms with Crippen molar-refractivity contribution < 1.29 is 14.2 Å². The molecule has 0 atom stereocenters. The van der Waals surface area contributed by atoms with Gasteiger partial charge in [0.05, 0.1) is 12.7 Å². The summed E-state index contributed by atoms with van der Waals surface area (Å²) >= 11 is 0. The van der Waals surface area contributed by atoms with Crippen LogP contribution in [-0.4, -0.2) is 22.5 Å². The Bertz CT molecular complexity index is 290. The number of benzene rings is 1. The van der Waals surface area contributed by atoms with Crippen molar-refractivity contribution in [3.05, 3.63) is 24.3 Å². The van der Waals surface area contributed by atoms with Gasteiger partial charge in [0.1, 0.15) is 5.75 Å². The van der Waals surface area contributed by atoms with Gasteiger partial charge in [0.25, 0.3) is 0 Å². The topological polar surface area (TPSA) is 27.7 Å². The molecule has 0 spiro atoms. The zero-order valence-electron chi connectivity index (χ0n) is 9.74. The highest BCUT2D eigenvalue weighted by Crippen LogP contribution is 2.07. The van der Waals surface area contributed by atoms with E-state index in [9.17, 15) is 0 Å². The van der Waals surface area contributed by atoms with Crippen LogP contribution in [0.2, 0.25) is 0 Å². The van der Waals surface area contributed by atoms with E-state index in [2.05, 4.69) is 0 Å². The number of hydrogen-bond acceptors (Lipinski definition) is 3. The molecule has 0 aliphatic carbocycles. The van der Waals surface area contributed by atoms with Crippen molar-refractivity contribution in [3.63, 3.8) is 0 Å². The fourth-order valence-corrected chi connectivity index (χ4v) is 1.97. The van der Waals surface area contributed by atoms with Gasteiger partial charge in [-0.2, -0.15) is 0 Å². The molecule has 3 nitrogen and oxygen atoms in total. The lowest BCUT2D eigenvalue weighted by molar-refractivity contribution is -0.275. The van der Waals surface area contributed by atoms with Gasteiger partial charge < -0.3 is 4.74 Å². The van der Waals surface area contributed by atoms with Gasteiger partial charge in [-0.25, -0.2) is 4.89 Å². The number of methoxy groups -OCH3 is 1. The molecule has 1 rings (SSSR count). The van der Waals surface area contributed by atoms with E-state index in [1.807, 2.05) is 45.0 Å². The van der Waals surface area contributed by atoms with E-state index >= 15 is 0 Å². The maximum atomic E-state index is 5.26. The molecule has 0 fully saturated rings. The molecule has 15 heavy (non-hydrogen) atoms. The predicted molar refractivity (Wildman–Crippen MR) is 63.1 cm³/mol. The first kappa shape index (κ1) is 12.2. The van der Waals surface area contributed by atoms with E-state index in [1.54, 1.807) is 7.11 Å². The summed E-state index contributed by atoms with van der Waals surface area (Å²) in [6.45, 7) is 5.90. The minimum atomic E-state index is -0.793. The van der Waals surface area contributed by atoms with Gasteiger partial charge in [0, 0.05) is 0 Å². The van der Waals surface area contributed by atoms with Crippen LogP contribution in [-0.2, 0) is 9.46 Å². The molecule has 0 aliphatic heterocycles. The minimum absolute atomic E-state index is 0.237. The van der Waals surface area contributed by atoms with Gasteiger partial charge in [0.2, 0.25) is 9.76 Å². The van der Waals surface area contributed by atoms with Crippen molar-refractivity contribution in [2.45, 2.75) is 26.4 Å². The van der Waals surface area contributed by atoms with Gasteiger partial charge >= 0.3 is 0 Å². The molecular weight excluding hydrogens is 208 g/mol. The monoisotopic (exact) mass is 226 g/mol. The highest BCUT2D eigenvalue weighted by Gasteiger charge is 2.11. The molecule has 0 radical (unpaired) electrons. The lowest BCUT2D eigenvalue weighted by atomic mass is 10.2. The van der Waals surface area contributed by atoms with Crippen LogP contribution >= 0.6 is 0 Å². The molecule has 0 bridgehead atoms. The second kappa shape index (κ2) is 5.30. The second-order valence-corrected chi connectivity index (χ2v) is 5.65. The molecule has 0 N–H and O–H groups in total. The summed E-state index contributed by atoms with van der Waals surface area (Å²) in [4.78, 5) is 5.22. The zero-order chi connectivity index (χ0) is 11.3. The molecule has 0 saturated heterocycles. The van der Waals surface area contributed by atoms with E-state index in [0.717, 1.165) is 5.75 Å². The summed E-state index contributed by atoms with van der Waals surface area (Å²) in [5, 5.41) is 1.19. The molecule has 4 heteroatoms. The highest BCUT2D eigenvalue weighted by molar-refractivity contribution is 6.46. The van der Waals surface area contributed by atoms with Crippen molar-refractivity contribution >= 4 is 14.9 Å². The van der Waals surface area contributed by atoms with Gasteiger partial charge in [-0.05, 0) is 38.1 Å². The SMILES string of the molecule is COc1ccc([SiH2]OOC(C)(C)C)cc1. The van der Waals surface area contributed by atoms with Crippen molar-refractivity contribution in [3.8, 4) is 5.75 Å². The fourth-order valence-electron chi connectivity index (χ4n) is 0.996. The van der Waals surface area contributed by atoms with Crippen LogP contribution in [0.5, 0.6) is 5.75 Å². The summed E-state index contributed by atoms with van der Waals surface area (Å²) in [6, 6.07) is 7.89. The van der Waals surface area contributed by atoms with E-state index < -0.39 is 9.76 Å². The molecule has 1 aromatic carbocycles. The van der Waals surface area contributed by atoms with Gasteiger partial charge in [-0.3, -0.25) is 4.58 Å². The van der Waals surface area contributed by atoms with E-state index in [4.69, 9.17) is 14.2 Å². The minimum Gasteiger partial charge on any atom is -0.497 e. The summed E-state index contributed by atoms with van der Waals surface area (Å²) in [7, 11) is 0.866. The first-order valence-corrected chi connectivity index (χ1v) is 6.23. The molecule has 0 amide bonds. The molecule has 0 heterocycles. The number of rotatable bonds is 4. The Morgan fingerprint density at radius 2 is 1.67 bits per heavy atom. The quantitative estimate of drug-likeness (QED) is 0.438. The van der Waals surface area contributed by atoms with Gasteiger partial charge in [0.15, 0.2) is 0 Å². The van der Waals surface area contributed by atoms with Gasteiger partial charge in [-0.1, -0.05) is 12.1 Å². The lowest BCUT2D eigenvalue weighted by Crippen LogP contribution is -2.25. The van der Waals surface area contributed by atoms with Crippen LogP contribution in [0, 0.1) is 0 Å². The molecule has 84 valence electrons. The molecule has 0 aromatic heterocycles. The predicted octanol–water partition coefficient (Wildman–Crippen LogP) is 1.15. The van der Waals surface area contributed by atoms with Crippen molar-refractivity contribution in [1.29, 1.82) is 0 Å². The Kier molecular flexibility index (Phi) is 4.32. The molecule has 0 saturated carbocycles. The molecule has 1 aromatic rings. The van der Waals surface area contributed by atoms with E-state index in [1.165, 1.54) is 5.19 Å². The Balaban J connectivity index is 2.38. The first-order valence-electron chi connectivity index (χ1n) is 4.95. The lowest BCUT2D eigenvalue weighted by Gasteiger charge is -2.17. The number of ether oxygens (including phenoxy) is 1. The Labute approximate surface area is 93.2 Å². The second-order valence-electron chi connectivity index (χ2n) is 4.31. The van der Waals surface area contributed by atoms with Crippen LogP contribution in [0.4, 0.5) is 0 Å².